The molecule has 0 spiro atoms. The lowest BCUT2D eigenvalue weighted by molar-refractivity contribution is -0.138. The van der Waals surface area contributed by atoms with E-state index in [1.165, 1.54) is 0 Å². The quantitative estimate of drug-likeness (QED) is 0.278. The van der Waals surface area contributed by atoms with Gasteiger partial charge in [0, 0.05) is 12.8 Å². The molecule has 0 unspecified atom stereocenters. The van der Waals surface area contributed by atoms with Crippen LogP contribution in [0.15, 0.2) is 24.3 Å². The van der Waals surface area contributed by atoms with Gasteiger partial charge in [-0.25, -0.2) is 9.59 Å². The van der Waals surface area contributed by atoms with Gasteiger partial charge in [-0.15, -0.1) is 0 Å². The fourth-order valence-corrected chi connectivity index (χ4v) is 2.56. The van der Waals surface area contributed by atoms with Gasteiger partial charge >= 0.3 is 23.9 Å². The van der Waals surface area contributed by atoms with Crippen molar-refractivity contribution in [1.82, 2.24) is 0 Å². The zero-order valence-electron chi connectivity index (χ0n) is 19.1. The van der Waals surface area contributed by atoms with Gasteiger partial charge in [-0.2, -0.15) is 0 Å². The molecule has 0 aliphatic rings. The number of carbonyl (C=O) groups excluding carboxylic acids is 2. The number of carboxylic acid groups (broad SMARTS) is 2. The molecule has 0 saturated carbocycles. The monoisotopic (exact) mass is 452 g/mol. The molecule has 0 bridgehead atoms. The summed E-state index contributed by atoms with van der Waals surface area (Å²) in [5.41, 5.74) is 0.881. The SMILES string of the molecule is CCCOC(=O)c1ccc(C(=O)OCCC)cc1.O=C(O)CCCCCCCCC(=O)O. The Morgan fingerprint density at radius 2 is 0.938 bits per heavy atom. The van der Waals surface area contributed by atoms with E-state index in [-0.39, 0.29) is 24.8 Å². The second-order valence-electron chi connectivity index (χ2n) is 7.26. The van der Waals surface area contributed by atoms with E-state index in [0.29, 0.717) is 24.3 Å². The Balaban J connectivity index is 0.000000622. The molecule has 8 heteroatoms. The number of unbranched alkanes of at least 4 members (excludes halogenated alkanes) is 5. The maximum Gasteiger partial charge on any atom is 0.338 e. The molecule has 0 radical (unpaired) electrons. The van der Waals surface area contributed by atoms with E-state index in [9.17, 15) is 19.2 Å². The highest BCUT2D eigenvalue weighted by Gasteiger charge is 2.10. The number of benzene rings is 1. The summed E-state index contributed by atoms with van der Waals surface area (Å²) in [6, 6.07) is 6.28. The molecule has 0 fully saturated rings. The Labute approximate surface area is 189 Å². The minimum atomic E-state index is -0.740. The van der Waals surface area contributed by atoms with E-state index in [2.05, 4.69) is 0 Å². The highest BCUT2D eigenvalue weighted by molar-refractivity contribution is 5.93. The molecule has 180 valence electrons. The predicted molar refractivity (Wildman–Crippen MR) is 120 cm³/mol. The summed E-state index contributed by atoms with van der Waals surface area (Å²) in [5, 5.41) is 16.7. The number of hydrogen-bond acceptors (Lipinski definition) is 6. The van der Waals surface area contributed by atoms with E-state index in [0.717, 1.165) is 51.4 Å². The van der Waals surface area contributed by atoms with E-state index >= 15 is 0 Å². The summed E-state index contributed by atoms with van der Waals surface area (Å²) in [4.78, 5) is 43.3. The number of carbonyl (C=O) groups is 4. The molecule has 8 nitrogen and oxygen atoms in total. The number of aliphatic carboxylic acids is 2. The molecule has 0 aliphatic heterocycles. The molecule has 0 atom stereocenters. The highest BCUT2D eigenvalue weighted by atomic mass is 16.5. The first kappa shape index (κ1) is 29.1. The van der Waals surface area contributed by atoms with Gasteiger partial charge in [0.1, 0.15) is 0 Å². The Kier molecular flexibility index (Phi) is 17.1. The number of rotatable bonds is 15. The lowest BCUT2D eigenvalue weighted by Crippen LogP contribution is -2.08. The van der Waals surface area contributed by atoms with Gasteiger partial charge in [0.25, 0.3) is 0 Å². The Hall–Kier alpha value is -2.90. The van der Waals surface area contributed by atoms with Gasteiger partial charge in [0.2, 0.25) is 0 Å². The third kappa shape index (κ3) is 15.9. The van der Waals surface area contributed by atoms with Crippen molar-refractivity contribution in [3.63, 3.8) is 0 Å². The standard InChI is InChI=1S/C14H18O4.C10H18O4/c1-3-9-17-13(15)11-5-7-12(8-6-11)14(16)18-10-4-2;11-9(12)7-5-3-1-2-4-6-8-10(13)14/h5-8H,3-4,9-10H2,1-2H3;1-8H2,(H,11,12)(H,13,14). The molecule has 0 aliphatic carbocycles. The van der Waals surface area contributed by atoms with Crippen LogP contribution in [0.25, 0.3) is 0 Å². The maximum absolute atomic E-state index is 11.5. The molecule has 1 aromatic rings. The number of ether oxygens (including phenoxy) is 2. The first-order chi connectivity index (χ1) is 15.3. The Bertz CT molecular complexity index is 623. The number of carboxylic acids is 2. The molecule has 0 saturated heterocycles. The van der Waals surface area contributed by atoms with Crippen molar-refractivity contribution in [2.45, 2.75) is 78.1 Å². The Morgan fingerprint density at radius 1 is 0.625 bits per heavy atom. The van der Waals surface area contributed by atoms with Crippen LogP contribution in [0.2, 0.25) is 0 Å². The normalized spacial score (nSPS) is 9.94. The van der Waals surface area contributed by atoms with Gasteiger partial charge in [-0.1, -0.05) is 39.5 Å². The summed E-state index contributed by atoms with van der Waals surface area (Å²) >= 11 is 0. The summed E-state index contributed by atoms with van der Waals surface area (Å²) in [7, 11) is 0. The fourth-order valence-electron chi connectivity index (χ4n) is 2.56. The van der Waals surface area contributed by atoms with Gasteiger partial charge < -0.3 is 19.7 Å². The minimum Gasteiger partial charge on any atom is -0.481 e. The van der Waals surface area contributed by atoms with Crippen molar-refractivity contribution in [1.29, 1.82) is 0 Å². The van der Waals surface area contributed by atoms with Crippen LogP contribution < -0.4 is 0 Å². The van der Waals surface area contributed by atoms with E-state index in [1.54, 1.807) is 24.3 Å². The molecule has 1 rings (SSSR count). The lowest BCUT2D eigenvalue weighted by Gasteiger charge is -2.05. The van der Waals surface area contributed by atoms with Crippen molar-refractivity contribution in [2.75, 3.05) is 13.2 Å². The molecule has 0 heterocycles. The molecule has 0 aromatic heterocycles. The van der Waals surface area contributed by atoms with E-state index in [1.807, 2.05) is 13.8 Å². The lowest BCUT2D eigenvalue weighted by atomic mass is 10.1. The number of hydrogen-bond donors (Lipinski definition) is 2. The first-order valence-electron chi connectivity index (χ1n) is 11.2. The second-order valence-corrected chi connectivity index (χ2v) is 7.26. The minimum absolute atomic E-state index is 0.245. The molecular weight excluding hydrogens is 416 g/mol. The average Bonchev–Trinajstić information content (AvgIpc) is 2.77. The molecular formula is C24H36O8. The number of esters is 2. The van der Waals surface area contributed by atoms with Crippen LogP contribution in [-0.4, -0.2) is 47.3 Å². The Morgan fingerprint density at radius 3 is 1.22 bits per heavy atom. The van der Waals surface area contributed by atoms with Crippen molar-refractivity contribution >= 4 is 23.9 Å². The summed E-state index contributed by atoms with van der Waals surface area (Å²) in [6.07, 6.45) is 7.39. The van der Waals surface area contributed by atoms with E-state index < -0.39 is 11.9 Å². The summed E-state index contributed by atoms with van der Waals surface area (Å²) in [5.74, 6) is -2.22. The zero-order valence-corrected chi connectivity index (χ0v) is 19.1. The van der Waals surface area contributed by atoms with Crippen LogP contribution in [-0.2, 0) is 19.1 Å². The molecule has 2 N–H and O–H groups in total. The van der Waals surface area contributed by atoms with Crippen LogP contribution in [0.3, 0.4) is 0 Å². The smallest absolute Gasteiger partial charge is 0.338 e. The van der Waals surface area contributed by atoms with Crippen molar-refractivity contribution in [3.8, 4) is 0 Å². The van der Waals surface area contributed by atoms with Gasteiger partial charge in [-0.3, -0.25) is 9.59 Å². The zero-order chi connectivity index (χ0) is 24.2. The summed E-state index contributed by atoms with van der Waals surface area (Å²) < 4.78 is 9.97. The van der Waals surface area contributed by atoms with Crippen LogP contribution in [0.5, 0.6) is 0 Å². The third-order valence-electron chi connectivity index (χ3n) is 4.26. The van der Waals surface area contributed by atoms with Crippen LogP contribution in [0.1, 0.15) is 98.8 Å². The molecule has 1 aromatic carbocycles. The van der Waals surface area contributed by atoms with Crippen LogP contribution in [0.4, 0.5) is 0 Å². The highest BCUT2D eigenvalue weighted by Crippen LogP contribution is 2.09. The van der Waals surface area contributed by atoms with E-state index in [4.69, 9.17) is 19.7 Å². The summed E-state index contributed by atoms with van der Waals surface area (Å²) in [6.45, 7) is 4.67. The molecule has 32 heavy (non-hydrogen) atoms. The van der Waals surface area contributed by atoms with Gasteiger partial charge in [0.15, 0.2) is 0 Å². The first-order valence-corrected chi connectivity index (χ1v) is 11.2. The second kappa shape index (κ2) is 18.8. The van der Waals surface area contributed by atoms with Crippen molar-refractivity contribution < 1.29 is 38.9 Å². The topological polar surface area (TPSA) is 127 Å². The maximum atomic E-state index is 11.5. The van der Waals surface area contributed by atoms with Gasteiger partial charge in [0.05, 0.1) is 24.3 Å². The predicted octanol–water partition coefficient (Wildman–Crippen LogP) is 5.10. The third-order valence-corrected chi connectivity index (χ3v) is 4.26. The van der Waals surface area contributed by atoms with Crippen LogP contribution in [0, 0.1) is 0 Å². The largest absolute Gasteiger partial charge is 0.481 e. The van der Waals surface area contributed by atoms with Gasteiger partial charge in [-0.05, 0) is 49.9 Å². The average molecular weight is 453 g/mol. The van der Waals surface area contributed by atoms with Crippen molar-refractivity contribution in [2.24, 2.45) is 0 Å². The molecule has 0 amide bonds. The fraction of sp³-hybridized carbons (Fsp3) is 0.583. The van der Waals surface area contributed by atoms with Crippen molar-refractivity contribution in [3.05, 3.63) is 35.4 Å². The van der Waals surface area contributed by atoms with Crippen LogP contribution >= 0.6 is 0 Å².